The molecule has 80 valence electrons. The van der Waals surface area contributed by atoms with Crippen LogP contribution in [0.15, 0.2) is 42.7 Å². The number of nitrogens with zero attached hydrogens (tertiary/aromatic N) is 2. The second-order valence-corrected chi connectivity index (χ2v) is 3.25. The molecule has 2 aromatic rings. The van der Waals surface area contributed by atoms with Gasteiger partial charge in [0.05, 0.1) is 10.6 Å². The van der Waals surface area contributed by atoms with Crippen molar-refractivity contribution < 1.29 is 9.72 Å². The molecule has 16 heavy (non-hydrogen) atoms. The first-order valence-corrected chi connectivity index (χ1v) is 4.59. The molecule has 1 aromatic carbocycles. The molecule has 0 saturated carbocycles. The van der Waals surface area contributed by atoms with Gasteiger partial charge in [0.15, 0.2) is 6.29 Å². The molecule has 0 spiro atoms. The number of nitro benzene ring substituents is 1. The van der Waals surface area contributed by atoms with E-state index in [1.807, 2.05) is 0 Å². The summed E-state index contributed by atoms with van der Waals surface area (Å²) < 4.78 is 1.66. The van der Waals surface area contributed by atoms with Crippen LogP contribution in [0.5, 0.6) is 0 Å². The van der Waals surface area contributed by atoms with E-state index in [9.17, 15) is 14.9 Å². The van der Waals surface area contributed by atoms with Crippen molar-refractivity contribution in [3.8, 4) is 5.69 Å². The van der Waals surface area contributed by atoms with Crippen molar-refractivity contribution in [1.29, 1.82) is 0 Å². The van der Waals surface area contributed by atoms with Gasteiger partial charge in [-0.05, 0) is 12.1 Å². The topological polar surface area (TPSA) is 65.1 Å². The maximum atomic E-state index is 10.6. The molecule has 0 N–H and O–H groups in total. The Morgan fingerprint density at radius 1 is 1.31 bits per heavy atom. The van der Waals surface area contributed by atoms with Crippen molar-refractivity contribution in [2.75, 3.05) is 0 Å². The predicted molar refractivity (Wildman–Crippen MR) is 57.8 cm³/mol. The van der Waals surface area contributed by atoms with Crippen molar-refractivity contribution in [3.63, 3.8) is 0 Å². The number of carbonyl (C=O) groups is 1. The summed E-state index contributed by atoms with van der Waals surface area (Å²) in [6.07, 6.45) is 4.03. The number of aromatic nitrogens is 1. The van der Waals surface area contributed by atoms with E-state index in [0.717, 1.165) is 6.29 Å². The summed E-state index contributed by atoms with van der Waals surface area (Å²) in [5.74, 6) is 0. The summed E-state index contributed by atoms with van der Waals surface area (Å²) >= 11 is 0. The molecule has 1 heterocycles. The zero-order valence-electron chi connectivity index (χ0n) is 8.24. The Morgan fingerprint density at radius 3 is 2.75 bits per heavy atom. The number of benzene rings is 1. The molecule has 0 fully saturated rings. The summed E-state index contributed by atoms with van der Waals surface area (Å²) in [4.78, 5) is 20.6. The van der Waals surface area contributed by atoms with E-state index < -0.39 is 4.92 Å². The minimum atomic E-state index is -0.451. The Kier molecular flexibility index (Phi) is 2.51. The molecular formula is C11H8N2O3. The lowest BCUT2D eigenvalue weighted by Gasteiger charge is -2.01. The zero-order chi connectivity index (χ0) is 11.5. The first kappa shape index (κ1) is 10.1. The Balaban J connectivity index is 2.43. The number of hydrogen-bond acceptors (Lipinski definition) is 3. The first-order chi connectivity index (χ1) is 7.70. The van der Waals surface area contributed by atoms with Gasteiger partial charge in [0.1, 0.15) is 0 Å². The maximum absolute atomic E-state index is 10.6. The second kappa shape index (κ2) is 3.98. The van der Waals surface area contributed by atoms with Crippen LogP contribution in [-0.4, -0.2) is 15.8 Å². The molecule has 0 bridgehead atoms. The van der Waals surface area contributed by atoms with Crippen molar-refractivity contribution in [1.82, 2.24) is 4.57 Å². The van der Waals surface area contributed by atoms with E-state index in [-0.39, 0.29) is 5.69 Å². The number of hydrogen-bond donors (Lipinski definition) is 0. The van der Waals surface area contributed by atoms with Gasteiger partial charge >= 0.3 is 0 Å². The Morgan fingerprint density at radius 2 is 2.12 bits per heavy atom. The van der Waals surface area contributed by atoms with Gasteiger partial charge in [-0.15, -0.1) is 0 Å². The highest BCUT2D eigenvalue weighted by atomic mass is 16.6. The third kappa shape index (κ3) is 1.83. The van der Waals surface area contributed by atoms with Gasteiger partial charge < -0.3 is 4.57 Å². The molecule has 0 amide bonds. The second-order valence-electron chi connectivity index (χ2n) is 3.25. The molecule has 0 aliphatic heterocycles. The molecule has 0 unspecified atom stereocenters. The highest BCUT2D eigenvalue weighted by molar-refractivity contribution is 5.74. The standard InChI is InChI=1S/C11H8N2O3/c14-8-9-4-5-12(7-9)10-2-1-3-11(6-10)13(15)16/h1-8H. The Bertz CT molecular complexity index is 546. The molecule has 5 heteroatoms. The molecule has 2 rings (SSSR count). The van der Waals surface area contributed by atoms with Gasteiger partial charge in [0.25, 0.3) is 5.69 Å². The molecule has 0 radical (unpaired) electrons. The lowest BCUT2D eigenvalue weighted by molar-refractivity contribution is -0.384. The minimum absolute atomic E-state index is 0.0267. The van der Waals surface area contributed by atoms with Crippen LogP contribution in [0.25, 0.3) is 5.69 Å². The summed E-state index contributed by atoms with van der Waals surface area (Å²) in [6.45, 7) is 0. The van der Waals surface area contributed by atoms with E-state index in [1.165, 1.54) is 12.1 Å². The lowest BCUT2D eigenvalue weighted by Crippen LogP contribution is -1.93. The smallest absolute Gasteiger partial charge is 0.271 e. The van der Waals surface area contributed by atoms with Crippen molar-refractivity contribution in [2.24, 2.45) is 0 Å². The van der Waals surface area contributed by atoms with Gasteiger partial charge in [0.2, 0.25) is 0 Å². The molecule has 0 atom stereocenters. The number of rotatable bonds is 3. The fourth-order valence-corrected chi connectivity index (χ4v) is 1.41. The number of carbonyl (C=O) groups excluding carboxylic acids is 1. The quantitative estimate of drug-likeness (QED) is 0.448. The highest BCUT2D eigenvalue weighted by Crippen LogP contribution is 2.17. The largest absolute Gasteiger partial charge is 0.323 e. The Hall–Kier alpha value is -2.43. The van der Waals surface area contributed by atoms with Crippen LogP contribution in [0.2, 0.25) is 0 Å². The van der Waals surface area contributed by atoms with E-state index >= 15 is 0 Å². The molecule has 0 aliphatic carbocycles. The SMILES string of the molecule is O=Cc1ccn(-c2cccc([N+](=O)[O-])c2)c1. The number of aldehydes is 1. The monoisotopic (exact) mass is 216 g/mol. The van der Waals surface area contributed by atoms with Gasteiger partial charge in [-0.3, -0.25) is 14.9 Å². The van der Waals surface area contributed by atoms with Crippen LogP contribution in [0, 0.1) is 10.1 Å². The van der Waals surface area contributed by atoms with Gasteiger partial charge in [-0.2, -0.15) is 0 Å². The summed E-state index contributed by atoms with van der Waals surface area (Å²) in [7, 11) is 0. The van der Waals surface area contributed by atoms with Gasteiger partial charge in [-0.1, -0.05) is 6.07 Å². The predicted octanol–water partition coefficient (Wildman–Crippen LogP) is 2.20. The van der Waals surface area contributed by atoms with E-state index in [0.29, 0.717) is 11.3 Å². The molecule has 1 aromatic heterocycles. The van der Waals surface area contributed by atoms with Crippen LogP contribution < -0.4 is 0 Å². The van der Waals surface area contributed by atoms with Crippen molar-refractivity contribution >= 4 is 12.0 Å². The first-order valence-electron chi connectivity index (χ1n) is 4.59. The van der Waals surface area contributed by atoms with Crippen molar-refractivity contribution in [2.45, 2.75) is 0 Å². The molecular weight excluding hydrogens is 208 g/mol. The van der Waals surface area contributed by atoms with E-state index in [2.05, 4.69) is 0 Å². The van der Waals surface area contributed by atoms with Crippen molar-refractivity contribution in [3.05, 3.63) is 58.4 Å². The average Bonchev–Trinajstić information content (AvgIpc) is 2.77. The molecule has 5 nitrogen and oxygen atoms in total. The summed E-state index contributed by atoms with van der Waals surface area (Å²) in [6, 6.07) is 7.86. The fourth-order valence-electron chi connectivity index (χ4n) is 1.41. The maximum Gasteiger partial charge on any atom is 0.271 e. The van der Waals surface area contributed by atoms with E-state index in [4.69, 9.17) is 0 Å². The fraction of sp³-hybridized carbons (Fsp3) is 0. The Labute approximate surface area is 91.1 Å². The van der Waals surface area contributed by atoms with Crippen LogP contribution >= 0.6 is 0 Å². The van der Waals surface area contributed by atoms with Crippen LogP contribution in [0.1, 0.15) is 10.4 Å². The lowest BCUT2D eigenvalue weighted by atomic mass is 10.3. The summed E-state index contributed by atoms with van der Waals surface area (Å²) in [5.41, 5.74) is 1.22. The minimum Gasteiger partial charge on any atom is -0.323 e. The van der Waals surface area contributed by atoms with E-state index in [1.54, 1.807) is 35.2 Å². The van der Waals surface area contributed by atoms with Crippen LogP contribution in [0.3, 0.4) is 0 Å². The van der Waals surface area contributed by atoms with Crippen LogP contribution in [0.4, 0.5) is 5.69 Å². The molecule has 0 aliphatic rings. The normalized spacial score (nSPS) is 10.0. The number of non-ortho nitro benzene ring substituents is 1. The summed E-state index contributed by atoms with van der Waals surface area (Å²) in [5, 5.41) is 10.6. The average molecular weight is 216 g/mol. The highest BCUT2D eigenvalue weighted by Gasteiger charge is 2.06. The third-order valence-corrected chi connectivity index (χ3v) is 2.19. The van der Waals surface area contributed by atoms with Gasteiger partial charge in [-0.25, -0.2) is 0 Å². The zero-order valence-corrected chi connectivity index (χ0v) is 8.24. The van der Waals surface area contributed by atoms with Crippen LogP contribution in [-0.2, 0) is 0 Å². The van der Waals surface area contributed by atoms with Gasteiger partial charge in [0, 0.05) is 30.1 Å². The molecule has 0 saturated heterocycles. The number of nitro groups is 1. The third-order valence-electron chi connectivity index (χ3n) is 2.19.